The highest BCUT2D eigenvalue weighted by atomic mass is 19.4. The summed E-state index contributed by atoms with van der Waals surface area (Å²) in [7, 11) is 0. The second-order valence-electron chi connectivity index (χ2n) is 6.26. The van der Waals surface area contributed by atoms with Crippen LogP contribution in [-0.4, -0.2) is 46.3 Å². The molecule has 0 unspecified atom stereocenters. The quantitative estimate of drug-likeness (QED) is 0.813. The average Bonchev–Trinajstić information content (AvgIpc) is 3.00. The summed E-state index contributed by atoms with van der Waals surface area (Å²) in [5.41, 5.74) is 1.39. The van der Waals surface area contributed by atoms with Crippen LogP contribution < -0.4 is 9.47 Å². The third-order valence-electron chi connectivity index (χ3n) is 4.01. The molecule has 1 fully saturated rings. The van der Waals surface area contributed by atoms with Crippen molar-refractivity contribution >= 4 is 5.91 Å². The van der Waals surface area contributed by atoms with Gasteiger partial charge in [0.15, 0.2) is 0 Å². The predicted molar refractivity (Wildman–Crippen MR) is 89.6 cm³/mol. The predicted octanol–water partition coefficient (Wildman–Crippen LogP) is 3.29. The van der Waals surface area contributed by atoms with Crippen LogP contribution in [0.5, 0.6) is 11.8 Å². The first-order valence-corrected chi connectivity index (χ1v) is 8.34. The zero-order valence-corrected chi connectivity index (χ0v) is 14.8. The van der Waals surface area contributed by atoms with Crippen molar-refractivity contribution in [1.29, 1.82) is 0 Å². The van der Waals surface area contributed by atoms with Crippen molar-refractivity contribution in [3.63, 3.8) is 0 Å². The molecule has 1 aromatic carbocycles. The van der Waals surface area contributed by atoms with E-state index in [-0.39, 0.29) is 24.2 Å². The van der Waals surface area contributed by atoms with E-state index in [1.54, 1.807) is 0 Å². The van der Waals surface area contributed by atoms with Gasteiger partial charge in [0, 0.05) is 24.4 Å². The highest BCUT2D eigenvalue weighted by Gasteiger charge is 2.35. The van der Waals surface area contributed by atoms with E-state index in [2.05, 4.69) is 14.7 Å². The van der Waals surface area contributed by atoms with E-state index in [0.29, 0.717) is 13.0 Å². The van der Waals surface area contributed by atoms with Crippen LogP contribution in [0.1, 0.15) is 28.2 Å². The second-order valence-corrected chi connectivity index (χ2v) is 6.26. The summed E-state index contributed by atoms with van der Waals surface area (Å²) in [4.78, 5) is 22.5. The maximum atomic E-state index is 12.7. The topological polar surface area (TPSA) is 64.5 Å². The number of aryl methyl sites for hydroxylation is 2. The second kappa shape index (κ2) is 7.42. The Balaban J connectivity index is 1.69. The Morgan fingerprint density at radius 1 is 1.19 bits per heavy atom. The van der Waals surface area contributed by atoms with E-state index in [0.717, 1.165) is 17.5 Å². The molecule has 6 nitrogen and oxygen atoms in total. The maximum Gasteiger partial charge on any atom is 0.573 e. The van der Waals surface area contributed by atoms with Gasteiger partial charge in [0.05, 0.1) is 12.1 Å². The Bertz CT molecular complexity index is 822. The standard InChI is InChI=1S/C18H18F3N3O3/c1-11-9-12(2)23-17(22-11)26-13-7-8-24(10-13)16(25)14-5-3-4-6-15(14)27-18(19,20)21/h3-6,9,13H,7-8,10H2,1-2H3/t13-/m0/s1. The number of amides is 1. The number of carbonyl (C=O) groups excluding carboxylic acids is 1. The van der Waals surface area contributed by atoms with Crippen molar-refractivity contribution in [3.05, 3.63) is 47.3 Å². The molecule has 2 aromatic rings. The number of nitrogens with zero attached hydrogens (tertiary/aromatic N) is 3. The van der Waals surface area contributed by atoms with Gasteiger partial charge in [-0.1, -0.05) is 12.1 Å². The third kappa shape index (κ3) is 4.87. The van der Waals surface area contributed by atoms with Crippen LogP contribution in [0.15, 0.2) is 30.3 Å². The van der Waals surface area contributed by atoms with Crippen molar-refractivity contribution in [3.8, 4) is 11.8 Å². The van der Waals surface area contributed by atoms with Crippen molar-refractivity contribution in [2.45, 2.75) is 32.7 Å². The highest BCUT2D eigenvalue weighted by molar-refractivity contribution is 5.97. The first-order valence-electron chi connectivity index (χ1n) is 8.34. The van der Waals surface area contributed by atoms with E-state index in [4.69, 9.17) is 4.74 Å². The van der Waals surface area contributed by atoms with Gasteiger partial charge in [0.1, 0.15) is 11.9 Å². The summed E-state index contributed by atoms with van der Waals surface area (Å²) >= 11 is 0. The van der Waals surface area contributed by atoms with Crippen LogP contribution in [0.3, 0.4) is 0 Å². The van der Waals surface area contributed by atoms with Gasteiger partial charge >= 0.3 is 12.4 Å². The number of likely N-dealkylation sites (tertiary alicyclic amines) is 1. The lowest BCUT2D eigenvalue weighted by Gasteiger charge is -2.19. The number of alkyl halides is 3. The number of ether oxygens (including phenoxy) is 2. The molecule has 2 heterocycles. The Kier molecular flexibility index (Phi) is 5.20. The molecule has 1 aliphatic rings. The molecule has 0 radical (unpaired) electrons. The lowest BCUT2D eigenvalue weighted by molar-refractivity contribution is -0.274. The molecule has 0 aliphatic carbocycles. The molecular formula is C18H18F3N3O3. The van der Waals surface area contributed by atoms with Crippen LogP contribution in [0.25, 0.3) is 0 Å². The Hall–Kier alpha value is -2.84. The van der Waals surface area contributed by atoms with Crippen LogP contribution in [0.2, 0.25) is 0 Å². The Morgan fingerprint density at radius 3 is 2.52 bits per heavy atom. The molecule has 0 saturated carbocycles. The van der Waals surface area contributed by atoms with Crippen molar-refractivity contribution in [2.24, 2.45) is 0 Å². The minimum absolute atomic E-state index is 0.141. The van der Waals surface area contributed by atoms with Crippen molar-refractivity contribution in [2.75, 3.05) is 13.1 Å². The van der Waals surface area contributed by atoms with E-state index in [9.17, 15) is 18.0 Å². The fraction of sp³-hybridized carbons (Fsp3) is 0.389. The van der Waals surface area contributed by atoms with E-state index in [1.165, 1.54) is 23.1 Å². The van der Waals surface area contributed by atoms with Crippen LogP contribution in [-0.2, 0) is 0 Å². The van der Waals surface area contributed by atoms with Crippen LogP contribution in [0, 0.1) is 13.8 Å². The molecule has 1 atom stereocenters. The first-order chi connectivity index (χ1) is 12.7. The average molecular weight is 381 g/mol. The minimum atomic E-state index is -4.87. The summed E-state index contributed by atoms with van der Waals surface area (Å²) in [6, 6.07) is 7.34. The van der Waals surface area contributed by atoms with Gasteiger partial charge in [-0.25, -0.2) is 9.97 Å². The SMILES string of the molecule is Cc1cc(C)nc(O[C@H]2CCN(C(=O)c3ccccc3OC(F)(F)F)C2)n1. The van der Waals surface area contributed by atoms with Gasteiger partial charge in [-0.3, -0.25) is 4.79 Å². The third-order valence-corrected chi connectivity index (χ3v) is 4.01. The van der Waals surface area contributed by atoms with E-state index < -0.39 is 18.0 Å². The molecule has 144 valence electrons. The number of hydrogen-bond donors (Lipinski definition) is 0. The first kappa shape index (κ1) is 18.9. The Morgan fingerprint density at radius 2 is 1.85 bits per heavy atom. The van der Waals surface area contributed by atoms with Gasteiger partial charge in [0.2, 0.25) is 0 Å². The molecule has 1 aromatic heterocycles. The number of carbonyl (C=O) groups is 1. The molecule has 0 bridgehead atoms. The Labute approximate surface area is 153 Å². The summed E-state index contributed by atoms with van der Waals surface area (Å²) in [6.07, 6.45) is -4.66. The molecule has 0 spiro atoms. The van der Waals surface area contributed by atoms with Crippen LogP contribution in [0.4, 0.5) is 13.2 Å². The van der Waals surface area contributed by atoms with Gasteiger partial charge in [0.25, 0.3) is 5.91 Å². The van der Waals surface area contributed by atoms with Gasteiger partial charge in [-0.05, 0) is 32.0 Å². The van der Waals surface area contributed by atoms with Gasteiger partial charge in [-0.2, -0.15) is 0 Å². The smallest absolute Gasteiger partial charge is 0.458 e. The monoisotopic (exact) mass is 381 g/mol. The lowest BCUT2D eigenvalue weighted by atomic mass is 10.2. The highest BCUT2D eigenvalue weighted by Crippen LogP contribution is 2.28. The van der Waals surface area contributed by atoms with Crippen molar-refractivity contribution in [1.82, 2.24) is 14.9 Å². The summed E-state index contributed by atoms with van der Waals surface area (Å²) < 4.78 is 47.4. The lowest BCUT2D eigenvalue weighted by Crippen LogP contribution is -2.32. The fourth-order valence-corrected chi connectivity index (χ4v) is 2.93. The molecule has 1 amide bonds. The van der Waals surface area contributed by atoms with Gasteiger partial charge in [-0.15, -0.1) is 13.2 Å². The van der Waals surface area contributed by atoms with Gasteiger partial charge < -0.3 is 14.4 Å². The van der Waals surface area contributed by atoms with Crippen molar-refractivity contribution < 1.29 is 27.4 Å². The fourth-order valence-electron chi connectivity index (χ4n) is 2.93. The molecular weight excluding hydrogens is 363 g/mol. The molecule has 9 heteroatoms. The molecule has 1 saturated heterocycles. The number of halogens is 3. The number of aromatic nitrogens is 2. The zero-order chi connectivity index (χ0) is 19.6. The van der Waals surface area contributed by atoms with E-state index >= 15 is 0 Å². The molecule has 27 heavy (non-hydrogen) atoms. The molecule has 1 aliphatic heterocycles. The number of benzene rings is 1. The van der Waals surface area contributed by atoms with E-state index in [1.807, 2.05) is 19.9 Å². The number of hydrogen-bond acceptors (Lipinski definition) is 5. The summed E-state index contributed by atoms with van der Waals surface area (Å²) in [5, 5.41) is 0. The normalized spacial score (nSPS) is 17.1. The molecule has 0 N–H and O–H groups in total. The zero-order valence-electron chi connectivity index (χ0n) is 14.8. The van der Waals surface area contributed by atoms with Crippen LogP contribution >= 0.6 is 0 Å². The number of rotatable bonds is 4. The maximum absolute atomic E-state index is 12.7. The largest absolute Gasteiger partial charge is 0.573 e. The number of para-hydroxylation sites is 1. The minimum Gasteiger partial charge on any atom is -0.458 e. The summed E-state index contributed by atoms with van der Waals surface area (Å²) in [5.74, 6) is -1.06. The summed E-state index contributed by atoms with van der Waals surface area (Å²) in [6.45, 7) is 4.23. The molecule has 3 rings (SSSR count).